The van der Waals surface area contributed by atoms with Crippen LogP contribution in [0.2, 0.25) is 0 Å². The molecule has 0 amide bonds. The summed E-state index contributed by atoms with van der Waals surface area (Å²) < 4.78 is 0. The monoisotopic (exact) mass is 175 g/mol. The van der Waals surface area contributed by atoms with Crippen molar-refractivity contribution in [2.75, 3.05) is 6.54 Å². The number of hydrogen-bond acceptors (Lipinski definition) is 3. The summed E-state index contributed by atoms with van der Waals surface area (Å²) in [6, 6.07) is 0. The third kappa shape index (κ3) is 1.69. The minimum absolute atomic E-state index is 0.818. The highest BCUT2D eigenvalue weighted by atomic mass is 15.4. The van der Waals surface area contributed by atoms with E-state index >= 15 is 0 Å². The third-order valence-electron chi connectivity index (χ3n) is 2.14. The summed E-state index contributed by atoms with van der Waals surface area (Å²) in [4.78, 5) is 4.38. The van der Waals surface area contributed by atoms with Gasteiger partial charge in [-0.15, -0.1) is 0 Å². The van der Waals surface area contributed by atoms with E-state index in [0.717, 1.165) is 25.1 Å². The smallest absolute Gasteiger partial charge is 0.0834 e. The zero-order chi connectivity index (χ0) is 9.10. The average Bonchev–Trinajstić information content (AvgIpc) is 2.34. The number of nitrogens with zero attached hydrogens (tertiary/aromatic N) is 3. The Labute approximate surface area is 78.2 Å². The van der Waals surface area contributed by atoms with Gasteiger partial charge in [-0.3, -0.25) is 10.0 Å². The standard InChI is InChI=1S/C10H13N3/c1-2-4-9-7-12-13-6-3-5-11-10(9)8-13/h3,5-7H,2,4,8H2,1H3. The van der Waals surface area contributed by atoms with Gasteiger partial charge in [-0.1, -0.05) is 13.3 Å². The molecule has 68 valence electrons. The fourth-order valence-electron chi connectivity index (χ4n) is 1.48. The van der Waals surface area contributed by atoms with Crippen molar-refractivity contribution in [2.24, 2.45) is 10.1 Å². The molecule has 3 heteroatoms. The van der Waals surface area contributed by atoms with Gasteiger partial charge in [0.2, 0.25) is 0 Å². The lowest BCUT2D eigenvalue weighted by atomic mass is 10.1. The molecule has 0 spiro atoms. The van der Waals surface area contributed by atoms with Crippen LogP contribution in [0.4, 0.5) is 0 Å². The van der Waals surface area contributed by atoms with E-state index in [2.05, 4.69) is 17.0 Å². The molecule has 0 saturated heterocycles. The van der Waals surface area contributed by atoms with Gasteiger partial charge >= 0.3 is 0 Å². The molecule has 0 aromatic heterocycles. The Morgan fingerprint density at radius 1 is 1.54 bits per heavy atom. The summed E-state index contributed by atoms with van der Waals surface area (Å²) in [7, 11) is 0. The van der Waals surface area contributed by atoms with E-state index in [-0.39, 0.29) is 0 Å². The van der Waals surface area contributed by atoms with Crippen LogP contribution in [-0.4, -0.2) is 24.0 Å². The van der Waals surface area contributed by atoms with Crippen LogP contribution in [0.5, 0.6) is 0 Å². The lowest BCUT2D eigenvalue weighted by Gasteiger charge is -2.19. The summed E-state index contributed by atoms with van der Waals surface area (Å²) in [5.74, 6) is 0. The molecule has 0 saturated carbocycles. The van der Waals surface area contributed by atoms with Crippen LogP contribution in [0.3, 0.4) is 0 Å². The van der Waals surface area contributed by atoms with Crippen molar-refractivity contribution in [1.82, 2.24) is 5.01 Å². The molecule has 3 nitrogen and oxygen atoms in total. The first-order valence-corrected chi connectivity index (χ1v) is 4.63. The second kappa shape index (κ2) is 3.56. The van der Waals surface area contributed by atoms with E-state index in [1.54, 1.807) is 0 Å². The third-order valence-corrected chi connectivity index (χ3v) is 2.14. The van der Waals surface area contributed by atoms with Crippen LogP contribution in [-0.2, 0) is 0 Å². The van der Waals surface area contributed by atoms with E-state index < -0.39 is 0 Å². The highest BCUT2D eigenvalue weighted by Crippen LogP contribution is 2.18. The molecule has 0 fully saturated rings. The minimum Gasteiger partial charge on any atom is -0.267 e. The van der Waals surface area contributed by atoms with Crippen molar-refractivity contribution in [3.8, 4) is 0 Å². The number of aliphatic imine (C=N–C) groups is 1. The average molecular weight is 175 g/mol. The SMILES string of the molecule is CCCC1=C2CN(C=CC=N2)N=C1. The molecule has 0 unspecified atom stereocenters. The van der Waals surface area contributed by atoms with Gasteiger partial charge in [-0.25, -0.2) is 0 Å². The first-order chi connectivity index (χ1) is 6.40. The molecule has 0 aliphatic carbocycles. The molecule has 2 bridgehead atoms. The van der Waals surface area contributed by atoms with E-state index in [0.29, 0.717) is 0 Å². The molecule has 0 atom stereocenters. The number of hydrazone groups is 1. The predicted octanol–water partition coefficient (Wildman–Crippen LogP) is 1.94. The normalized spacial score (nSPS) is 19.6. The Balaban J connectivity index is 2.28. The number of hydrogen-bond donors (Lipinski definition) is 0. The van der Waals surface area contributed by atoms with Crippen molar-refractivity contribution >= 4 is 12.4 Å². The van der Waals surface area contributed by atoms with E-state index in [9.17, 15) is 0 Å². The molecule has 0 aromatic rings. The lowest BCUT2D eigenvalue weighted by molar-refractivity contribution is 0.428. The minimum atomic E-state index is 0.818. The highest BCUT2D eigenvalue weighted by molar-refractivity contribution is 5.82. The Morgan fingerprint density at radius 2 is 2.46 bits per heavy atom. The van der Waals surface area contributed by atoms with Gasteiger partial charge in [0, 0.05) is 12.4 Å². The highest BCUT2D eigenvalue weighted by Gasteiger charge is 2.12. The van der Waals surface area contributed by atoms with E-state index in [1.807, 2.05) is 29.7 Å². The molecule has 2 heterocycles. The van der Waals surface area contributed by atoms with Crippen molar-refractivity contribution in [3.63, 3.8) is 0 Å². The fourth-order valence-corrected chi connectivity index (χ4v) is 1.48. The lowest BCUT2D eigenvalue weighted by Crippen LogP contribution is -2.18. The summed E-state index contributed by atoms with van der Waals surface area (Å²) in [6.45, 7) is 2.99. The van der Waals surface area contributed by atoms with Gasteiger partial charge in [0.1, 0.15) is 0 Å². The summed E-state index contributed by atoms with van der Waals surface area (Å²) in [5.41, 5.74) is 2.43. The Bertz CT molecular complexity index is 310. The van der Waals surface area contributed by atoms with Crippen molar-refractivity contribution in [3.05, 3.63) is 23.5 Å². The van der Waals surface area contributed by atoms with Crippen LogP contribution in [0, 0.1) is 0 Å². The maximum absolute atomic E-state index is 4.38. The first kappa shape index (κ1) is 8.23. The molecule has 0 aromatic carbocycles. The molecular weight excluding hydrogens is 162 g/mol. The van der Waals surface area contributed by atoms with Gasteiger partial charge in [0.05, 0.1) is 18.5 Å². The van der Waals surface area contributed by atoms with Gasteiger partial charge in [-0.05, 0) is 18.1 Å². The number of rotatable bonds is 2. The van der Waals surface area contributed by atoms with Crippen LogP contribution >= 0.6 is 0 Å². The van der Waals surface area contributed by atoms with Crippen LogP contribution in [0.25, 0.3) is 0 Å². The molecule has 13 heavy (non-hydrogen) atoms. The molecule has 2 rings (SSSR count). The number of allylic oxidation sites excluding steroid dienone is 2. The van der Waals surface area contributed by atoms with Gasteiger partial charge in [-0.2, -0.15) is 5.10 Å². The zero-order valence-corrected chi connectivity index (χ0v) is 7.77. The summed E-state index contributed by atoms with van der Waals surface area (Å²) >= 11 is 0. The largest absolute Gasteiger partial charge is 0.267 e. The van der Waals surface area contributed by atoms with Crippen LogP contribution in [0.15, 0.2) is 33.6 Å². The quantitative estimate of drug-likeness (QED) is 0.630. The maximum Gasteiger partial charge on any atom is 0.0834 e. The Morgan fingerprint density at radius 3 is 3.31 bits per heavy atom. The van der Waals surface area contributed by atoms with Gasteiger partial charge in [0.15, 0.2) is 0 Å². The van der Waals surface area contributed by atoms with Crippen molar-refractivity contribution in [1.29, 1.82) is 0 Å². The predicted molar refractivity (Wildman–Crippen MR) is 54.8 cm³/mol. The van der Waals surface area contributed by atoms with Crippen LogP contribution in [0.1, 0.15) is 19.8 Å². The summed E-state index contributed by atoms with van der Waals surface area (Å²) in [5, 5.41) is 6.20. The first-order valence-electron chi connectivity index (χ1n) is 4.63. The zero-order valence-electron chi connectivity index (χ0n) is 7.77. The van der Waals surface area contributed by atoms with E-state index in [1.165, 1.54) is 5.57 Å². The summed E-state index contributed by atoms with van der Waals surface area (Å²) in [6.07, 6.45) is 9.84. The van der Waals surface area contributed by atoms with Crippen LogP contribution < -0.4 is 0 Å². The molecular formula is C10H13N3. The second-order valence-corrected chi connectivity index (χ2v) is 3.18. The van der Waals surface area contributed by atoms with Gasteiger partial charge < -0.3 is 0 Å². The molecule has 0 N–H and O–H groups in total. The Hall–Kier alpha value is -1.38. The Kier molecular flexibility index (Phi) is 2.25. The molecule has 0 radical (unpaired) electrons. The second-order valence-electron chi connectivity index (χ2n) is 3.18. The molecule has 2 aliphatic rings. The van der Waals surface area contributed by atoms with Crippen molar-refractivity contribution in [2.45, 2.75) is 19.8 Å². The van der Waals surface area contributed by atoms with E-state index in [4.69, 9.17) is 0 Å². The topological polar surface area (TPSA) is 28.0 Å². The molecule has 2 aliphatic heterocycles. The maximum atomic E-state index is 4.38. The number of fused-ring (bicyclic) bond motifs is 2. The van der Waals surface area contributed by atoms with Gasteiger partial charge in [0.25, 0.3) is 0 Å². The fraction of sp³-hybridized carbons (Fsp3) is 0.400. The van der Waals surface area contributed by atoms with Crippen molar-refractivity contribution < 1.29 is 0 Å².